The third kappa shape index (κ3) is 6.94. The highest BCUT2D eigenvalue weighted by molar-refractivity contribution is 14.0. The Hall–Kier alpha value is -1.38. The fourth-order valence-electron chi connectivity index (χ4n) is 1.35. The molecule has 1 aromatic rings. The number of nitrogens with zero attached hydrogens (tertiary/aromatic N) is 2. The molecule has 0 heterocycles. The molecule has 0 aliphatic heterocycles. The van der Waals surface area contributed by atoms with E-state index < -0.39 is 4.92 Å². The van der Waals surface area contributed by atoms with E-state index in [-0.39, 0.29) is 29.7 Å². The largest absolute Gasteiger partial charge is 0.370 e. The molecule has 1 aromatic carbocycles. The van der Waals surface area contributed by atoms with Gasteiger partial charge in [0, 0.05) is 18.7 Å². The average Bonchev–Trinajstić information content (AvgIpc) is 2.37. The minimum absolute atomic E-state index is 0. The summed E-state index contributed by atoms with van der Waals surface area (Å²) >= 11 is 0. The quantitative estimate of drug-likeness (QED) is 0.199. The standard InChI is InChI=1S/C12H18N4O2.HI/c1-2-3-8-14-12(13)15-9-10-4-6-11(7-5-10)16(17)18;/h4-7H,2-3,8-9H2,1H3,(H3,13,14,15);1H. The number of rotatable bonds is 6. The molecule has 3 N–H and O–H groups in total. The molecule has 19 heavy (non-hydrogen) atoms. The number of non-ortho nitro benzene ring substituents is 1. The van der Waals surface area contributed by atoms with Gasteiger partial charge in [0.25, 0.3) is 5.69 Å². The Morgan fingerprint density at radius 1 is 1.42 bits per heavy atom. The number of nitro benzene ring substituents is 1. The maximum Gasteiger partial charge on any atom is 0.269 e. The summed E-state index contributed by atoms with van der Waals surface area (Å²) in [6.07, 6.45) is 2.15. The molecule has 0 spiro atoms. The van der Waals surface area contributed by atoms with Gasteiger partial charge in [0.15, 0.2) is 5.96 Å². The van der Waals surface area contributed by atoms with Gasteiger partial charge in [0.05, 0.1) is 11.5 Å². The van der Waals surface area contributed by atoms with Crippen LogP contribution in [0, 0.1) is 10.1 Å². The molecule has 0 saturated heterocycles. The van der Waals surface area contributed by atoms with E-state index >= 15 is 0 Å². The van der Waals surface area contributed by atoms with Gasteiger partial charge in [-0.05, 0) is 12.0 Å². The predicted octanol–water partition coefficient (Wildman–Crippen LogP) is 2.42. The smallest absolute Gasteiger partial charge is 0.269 e. The highest BCUT2D eigenvalue weighted by atomic mass is 127. The first-order valence-corrected chi connectivity index (χ1v) is 5.90. The van der Waals surface area contributed by atoms with E-state index in [0.29, 0.717) is 12.5 Å². The number of nitrogens with two attached hydrogens (primary N) is 1. The Labute approximate surface area is 129 Å². The maximum atomic E-state index is 10.5. The van der Waals surface area contributed by atoms with E-state index in [1.807, 2.05) is 0 Å². The van der Waals surface area contributed by atoms with Crippen LogP contribution >= 0.6 is 24.0 Å². The number of nitrogens with one attached hydrogen (secondary N) is 1. The summed E-state index contributed by atoms with van der Waals surface area (Å²) < 4.78 is 0. The number of aliphatic imine (C=N–C) groups is 1. The number of benzene rings is 1. The minimum Gasteiger partial charge on any atom is -0.370 e. The average molecular weight is 378 g/mol. The van der Waals surface area contributed by atoms with Crippen molar-refractivity contribution in [2.24, 2.45) is 10.7 Å². The van der Waals surface area contributed by atoms with Crippen molar-refractivity contribution in [2.45, 2.75) is 26.3 Å². The Morgan fingerprint density at radius 2 is 2.05 bits per heavy atom. The van der Waals surface area contributed by atoms with Gasteiger partial charge in [-0.3, -0.25) is 10.1 Å². The highest BCUT2D eigenvalue weighted by Crippen LogP contribution is 2.12. The molecular formula is C12H19IN4O2. The molecule has 0 aliphatic carbocycles. The highest BCUT2D eigenvalue weighted by Gasteiger charge is 2.03. The van der Waals surface area contributed by atoms with Crippen LogP contribution in [-0.2, 0) is 6.54 Å². The third-order valence-corrected chi connectivity index (χ3v) is 2.42. The van der Waals surface area contributed by atoms with Crippen LogP contribution in [0.15, 0.2) is 29.3 Å². The first kappa shape index (κ1) is 17.6. The Balaban J connectivity index is 0.00000324. The second-order valence-electron chi connectivity index (χ2n) is 3.91. The summed E-state index contributed by atoms with van der Waals surface area (Å²) in [7, 11) is 0. The van der Waals surface area contributed by atoms with Crippen molar-refractivity contribution in [1.82, 2.24) is 5.32 Å². The molecule has 0 aliphatic rings. The van der Waals surface area contributed by atoms with Crippen molar-refractivity contribution < 1.29 is 4.92 Å². The third-order valence-electron chi connectivity index (χ3n) is 2.42. The second-order valence-corrected chi connectivity index (χ2v) is 3.91. The van der Waals surface area contributed by atoms with Gasteiger partial charge in [-0.2, -0.15) is 0 Å². The van der Waals surface area contributed by atoms with Gasteiger partial charge in [0.1, 0.15) is 0 Å². The summed E-state index contributed by atoms with van der Waals surface area (Å²) in [6.45, 7) is 3.33. The van der Waals surface area contributed by atoms with E-state index in [1.54, 1.807) is 12.1 Å². The van der Waals surface area contributed by atoms with Crippen LogP contribution in [-0.4, -0.2) is 17.4 Å². The lowest BCUT2D eigenvalue weighted by molar-refractivity contribution is -0.384. The first-order chi connectivity index (χ1) is 8.63. The number of unbranched alkanes of at least 4 members (excludes halogenated alkanes) is 1. The van der Waals surface area contributed by atoms with Crippen molar-refractivity contribution in [1.29, 1.82) is 0 Å². The lowest BCUT2D eigenvalue weighted by Gasteiger charge is -2.04. The van der Waals surface area contributed by atoms with Gasteiger partial charge >= 0.3 is 0 Å². The Morgan fingerprint density at radius 3 is 2.58 bits per heavy atom. The van der Waals surface area contributed by atoms with E-state index in [9.17, 15) is 10.1 Å². The summed E-state index contributed by atoms with van der Waals surface area (Å²) in [4.78, 5) is 14.2. The van der Waals surface area contributed by atoms with Crippen molar-refractivity contribution >= 4 is 35.6 Å². The molecular weight excluding hydrogens is 359 g/mol. The van der Waals surface area contributed by atoms with Crippen LogP contribution in [0.5, 0.6) is 0 Å². The molecule has 6 nitrogen and oxygen atoms in total. The molecule has 106 valence electrons. The lowest BCUT2D eigenvalue weighted by atomic mass is 10.2. The summed E-state index contributed by atoms with van der Waals surface area (Å²) in [6, 6.07) is 6.29. The Kier molecular flexibility index (Phi) is 8.84. The molecule has 0 amide bonds. The van der Waals surface area contributed by atoms with Crippen LogP contribution in [0.2, 0.25) is 0 Å². The zero-order valence-electron chi connectivity index (χ0n) is 10.8. The van der Waals surface area contributed by atoms with Crippen molar-refractivity contribution in [3.63, 3.8) is 0 Å². The first-order valence-electron chi connectivity index (χ1n) is 5.90. The van der Waals surface area contributed by atoms with Crippen LogP contribution in [0.4, 0.5) is 5.69 Å². The van der Waals surface area contributed by atoms with E-state index in [2.05, 4.69) is 17.2 Å². The molecule has 0 fully saturated rings. The summed E-state index contributed by atoms with van der Waals surface area (Å²) in [5.74, 6) is 0.404. The molecule has 7 heteroatoms. The molecule has 0 radical (unpaired) electrons. The fourth-order valence-corrected chi connectivity index (χ4v) is 1.35. The van der Waals surface area contributed by atoms with Crippen LogP contribution in [0.1, 0.15) is 25.3 Å². The molecule has 0 atom stereocenters. The number of halogens is 1. The lowest BCUT2D eigenvalue weighted by Crippen LogP contribution is -2.32. The van der Waals surface area contributed by atoms with E-state index in [0.717, 1.165) is 24.9 Å². The molecule has 0 aromatic heterocycles. The SMILES string of the molecule is CCCCNC(N)=NCc1ccc([N+](=O)[O-])cc1.I. The van der Waals surface area contributed by atoms with E-state index in [1.165, 1.54) is 12.1 Å². The molecule has 1 rings (SSSR count). The topological polar surface area (TPSA) is 93.5 Å². The predicted molar refractivity (Wildman–Crippen MR) is 86.7 cm³/mol. The number of guanidine groups is 1. The van der Waals surface area contributed by atoms with Crippen LogP contribution in [0.25, 0.3) is 0 Å². The minimum atomic E-state index is -0.423. The van der Waals surface area contributed by atoms with Gasteiger partial charge in [-0.15, -0.1) is 24.0 Å². The zero-order valence-corrected chi connectivity index (χ0v) is 13.2. The van der Waals surface area contributed by atoms with Crippen molar-refractivity contribution in [2.75, 3.05) is 6.54 Å². The Bertz CT molecular complexity index is 420. The van der Waals surface area contributed by atoms with E-state index in [4.69, 9.17) is 5.73 Å². The molecule has 0 bridgehead atoms. The number of hydrogen-bond donors (Lipinski definition) is 2. The monoisotopic (exact) mass is 378 g/mol. The van der Waals surface area contributed by atoms with Crippen molar-refractivity contribution in [3.8, 4) is 0 Å². The van der Waals surface area contributed by atoms with Crippen LogP contribution in [0.3, 0.4) is 0 Å². The normalized spacial score (nSPS) is 10.7. The van der Waals surface area contributed by atoms with Crippen molar-refractivity contribution in [3.05, 3.63) is 39.9 Å². The van der Waals surface area contributed by atoms with Crippen LogP contribution < -0.4 is 11.1 Å². The molecule has 0 saturated carbocycles. The zero-order chi connectivity index (χ0) is 13.4. The fraction of sp³-hybridized carbons (Fsp3) is 0.417. The summed E-state index contributed by atoms with van der Waals surface area (Å²) in [5.41, 5.74) is 6.64. The number of hydrogen-bond acceptors (Lipinski definition) is 3. The number of nitro groups is 1. The molecule has 0 unspecified atom stereocenters. The summed E-state index contributed by atoms with van der Waals surface area (Å²) in [5, 5.41) is 13.5. The van der Waals surface area contributed by atoms with Gasteiger partial charge < -0.3 is 11.1 Å². The van der Waals surface area contributed by atoms with Gasteiger partial charge in [-0.1, -0.05) is 25.5 Å². The van der Waals surface area contributed by atoms with Gasteiger partial charge in [0.2, 0.25) is 0 Å². The van der Waals surface area contributed by atoms with Gasteiger partial charge in [-0.25, -0.2) is 4.99 Å². The second kappa shape index (κ2) is 9.54. The maximum absolute atomic E-state index is 10.5.